The summed E-state index contributed by atoms with van der Waals surface area (Å²) < 4.78 is 0. The molecular formula is C13H22N2O. The van der Waals surface area contributed by atoms with Gasteiger partial charge in [-0.25, -0.2) is 0 Å². The van der Waals surface area contributed by atoms with E-state index in [-0.39, 0.29) is 12.1 Å². The second-order valence-electron chi connectivity index (χ2n) is 4.56. The van der Waals surface area contributed by atoms with Gasteiger partial charge in [0.05, 0.1) is 6.10 Å². The lowest BCUT2D eigenvalue weighted by Gasteiger charge is -2.19. The first-order valence-corrected chi connectivity index (χ1v) is 5.78. The van der Waals surface area contributed by atoms with Crippen LogP contribution >= 0.6 is 0 Å². The standard InChI is InChI=1S/C13H22N2O/c1-8-6-9(2)15-12(5)13(8)11(4)14-7-10(3)16/h6,10-11,14,16H,7H2,1-5H3. The van der Waals surface area contributed by atoms with Gasteiger partial charge in [0.15, 0.2) is 0 Å². The fourth-order valence-corrected chi connectivity index (χ4v) is 2.14. The number of nitrogens with zero attached hydrogens (tertiary/aromatic N) is 1. The number of hydrogen-bond donors (Lipinski definition) is 2. The zero-order valence-electron chi connectivity index (χ0n) is 10.8. The largest absolute Gasteiger partial charge is 0.392 e. The molecule has 0 aromatic carbocycles. The lowest BCUT2D eigenvalue weighted by Crippen LogP contribution is -2.28. The van der Waals surface area contributed by atoms with Crippen LogP contribution in [-0.4, -0.2) is 22.7 Å². The van der Waals surface area contributed by atoms with Crippen molar-refractivity contribution in [2.24, 2.45) is 0 Å². The number of pyridine rings is 1. The number of rotatable bonds is 4. The smallest absolute Gasteiger partial charge is 0.0636 e. The zero-order valence-corrected chi connectivity index (χ0v) is 10.8. The van der Waals surface area contributed by atoms with Crippen LogP contribution in [0.2, 0.25) is 0 Å². The maximum Gasteiger partial charge on any atom is 0.0636 e. The van der Waals surface area contributed by atoms with Crippen LogP contribution in [0.3, 0.4) is 0 Å². The fraction of sp³-hybridized carbons (Fsp3) is 0.615. The summed E-state index contributed by atoms with van der Waals surface area (Å²) in [4.78, 5) is 4.48. The Hall–Kier alpha value is -0.930. The van der Waals surface area contributed by atoms with Gasteiger partial charge in [0.2, 0.25) is 0 Å². The predicted octanol–water partition coefficient (Wildman–Crippen LogP) is 2.04. The monoisotopic (exact) mass is 222 g/mol. The lowest BCUT2D eigenvalue weighted by atomic mass is 10.0. The maximum absolute atomic E-state index is 9.25. The van der Waals surface area contributed by atoms with E-state index in [2.05, 4.69) is 30.2 Å². The zero-order chi connectivity index (χ0) is 12.3. The van der Waals surface area contributed by atoms with Crippen molar-refractivity contribution in [1.29, 1.82) is 0 Å². The molecule has 0 saturated carbocycles. The van der Waals surface area contributed by atoms with E-state index in [1.54, 1.807) is 6.92 Å². The number of hydrogen-bond acceptors (Lipinski definition) is 3. The number of aromatic nitrogens is 1. The molecule has 1 aromatic rings. The number of aliphatic hydroxyl groups is 1. The van der Waals surface area contributed by atoms with Gasteiger partial charge >= 0.3 is 0 Å². The molecule has 0 fully saturated rings. The first kappa shape index (κ1) is 13.1. The summed E-state index contributed by atoms with van der Waals surface area (Å²) >= 11 is 0. The molecule has 0 saturated heterocycles. The first-order chi connectivity index (χ1) is 7.41. The molecule has 1 heterocycles. The molecule has 2 N–H and O–H groups in total. The van der Waals surface area contributed by atoms with Crippen LogP contribution < -0.4 is 5.32 Å². The summed E-state index contributed by atoms with van der Waals surface area (Å²) in [7, 11) is 0. The highest BCUT2D eigenvalue weighted by atomic mass is 16.3. The molecule has 0 aliphatic heterocycles. The molecule has 0 amide bonds. The highest BCUT2D eigenvalue weighted by molar-refractivity contribution is 5.33. The fourth-order valence-electron chi connectivity index (χ4n) is 2.14. The van der Waals surface area contributed by atoms with Crippen LogP contribution in [0.5, 0.6) is 0 Å². The molecule has 2 atom stereocenters. The molecule has 16 heavy (non-hydrogen) atoms. The summed E-state index contributed by atoms with van der Waals surface area (Å²) in [6.45, 7) is 10.7. The van der Waals surface area contributed by atoms with Crippen LogP contribution in [0.1, 0.15) is 42.4 Å². The third-order valence-corrected chi connectivity index (χ3v) is 2.74. The van der Waals surface area contributed by atoms with Crippen molar-refractivity contribution in [2.75, 3.05) is 6.54 Å². The predicted molar refractivity (Wildman–Crippen MR) is 66.5 cm³/mol. The van der Waals surface area contributed by atoms with Gasteiger partial charge < -0.3 is 10.4 Å². The summed E-state index contributed by atoms with van der Waals surface area (Å²) in [5.41, 5.74) is 4.63. The van der Waals surface area contributed by atoms with Gasteiger partial charge in [-0.3, -0.25) is 4.98 Å². The van der Waals surface area contributed by atoms with Crippen LogP contribution in [0.25, 0.3) is 0 Å². The summed E-state index contributed by atoms with van der Waals surface area (Å²) in [5.74, 6) is 0. The van der Waals surface area contributed by atoms with Gasteiger partial charge in [-0.15, -0.1) is 0 Å². The first-order valence-electron chi connectivity index (χ1n) is 5.78. The second-order valence-corrected chi connectivity index (χ2v) is 4.56. The second kappa shape index (κ2) is 5.41. The van der Waals surface area contributed by atoms with Crippen LogP contribution in [-0.2, 0) is 0 Å². The van der Waals surface area contributed by atoms with E-state index in [9.17, 15) is 5.11 Å². The molecule has 90 valence electrons. The Labute approximate surface area is 97.9 Å². The van der Waals surface area contributed by atoms with E-state index >= 15 is 0 Å². The number of nitrogens with one attached hydrogen (secondary N) is 1. The van der Waals surface area contributed by atoms with Gasteiger partial charge in [-0.05, 0) is 51.8 Å². The number of aryl methyl sites for hydroxylation is 3. The third-order valence-electron chi connectivity index (χ3n) is 2.74. The molecule has 3 heteroatoms. The Morgan fingerprint density at radius 2 is 1.94 bits per heavy atom. The van der Waals surface area contributed by atoms with Crippen molar-refractivity contribution >= 4 is 0 Å². The molecule has 0 aliphatic carbocycles. The Balaban J connectivity index is 2.86. The van der Waals surface area contributed by atoms with Gasteiger partial charge in [-0.1, -0.05) is 0 Å². The molecule has 1 aromatic heterocycles. The minimum atomic E-state index is -0.318. The van der Waals surface area contributed by atoms with Gasteiger partial charge in [-0.2, -0.15) is 0 Å². The average Bonchev–Trinajstić information content (AvgIpc) is 2.12. The molecular weight excluding hydrogens is 200 g/mol. The van der Waals surface area contributed by atoms with Gasteiger partial charge in [0.25, 0.3) is 0 Å². The highest BCUT2D eigenvalue weighted by Gasteiger charge is 2.12. The molecule has 0 bridgehead atoms. The van der Waals surface area contributed by atoms with Crippen molar-refractivity contribution in [3.8, 4) is 0 Å². The third kappa shape index (κ3) is 3.29. The molecule has 3 nitrogen and oxygen atoms in total. The van der Waals surface area contributed by atoms with Crippen LogP contribution in [0, 0.1) is 20.8 Å². The Morgan fingerprint density at radius 1 is 1.31 bits per heavy atom. The van der Waals surface area contributed by atoms with Gasteiger partial charge in [0.1, 0.15) is 0 Å². The molecule has 0 radical (unpaired) electrons. The molecule has 2 unspecified atom stereocenters. The lowest BCUT2D eigenvalue weighted by molar-refractivity contribution is 0.187. The highest BCUT2D eigenvalue weighted by Crippen LogP contribution is 2.20. The topological polar surface area (TPSA) is 45.1 Å². The maximum atomic E-state index is 9.25. The molecule has 0 aliphatic rings. The van der Waals surface area contributed by atoms with Crippen molar-refractivity contribution < 1.29 is 5.11 Å². The van der Waals surface area contributed by atoms with E-state index in [1.165, 1.54) is 11.1 Å². The summed E-state index contributed by atoms with van der Waals surface area (Å²) in [6.07, 6.45) is -0.318. The van der Waals surface area contributed by atoms with Crippen molar-refractivity contribution in [3.63, 3.8) is 0 Å². The van der Waals surface area contributed by atoms with E-state index < -0.39 is 0 Å². The minimum Gasteiger partial charge on any atom is -0.392 e. The summed E-state index contributed by atoms with van der Waals surface area (Å²) in [6, 6.07) is 2.32. The van der Waals surface area contributed by atoms with E-state index in [4.69, 9.17) is 0 Å². The van der Waals surface area contributed by atoms with Crippen molar-refractivity contribution in [3.05, 3.63) is 28.6 Å². The van der Waals surface area contributed by atoms with E-state index in [0.717, 1.165) is 11.4 Å². The minimum absolute atomic E-state index is 0.225. The van der Waals surface area contributed by atoms with Gasteiger partial charge in [0, 0.05) is 24.0 Å². The average molecular weight is 222 g/mol. The Morgan fingerprint density at radius 3 is 2.44 bits per heavy atom. The normalized spacial score (nSPS) is 14.9. The Kier molecular flexibility index (Phi) is 4.44. The van der Waals surface area contributed by atoms with Crippen molar-refractivity contribution in [2.45, 2.75) is 46.8 Å². The van der Waals surface area contributed by atoms with E-state index in [0.29, 0.717) is 6.54 Å². The van der Waals surface area contributed by atoms with Crippen LogP contribution in [0.15, 0.2) is 6.07 Å². The van der Waals surface area contributed by atoms with Crippen LogP contribution in [0.4, 0.5) is 0 Å². The summed E-state index contributed by atoms with van der Waals surface area (Å²) in [5, 5.41) is 12.6. The quantitative estimate of drug-likeness (QED) is 0.819. The molecule has 1 rings (SSSR count). The van der Waals surface area contributed by atoms with Crippen molar-refractivity contribution in [1.82, 2.24) is 10.3 Å². The Bertz CT molecular complexity index is 338. The SMILES string of the molecule is Cc1cc(C)c(C(C)NCC(C)O)c(C)n1. The van der Waals surface area contributed by atoms with E-state index in [1.807, 2.05) is 13.8 Å². The molecule has 0 spiro atoms. The number of aliphatic hydroxyl groups excluding tert-OH is 1.